The first-order chi connectivity index (χ1) is 7.66. The molecule has 2 nitrogen and oxygen atoms in total. The van der Waals surface area contributed by atoms with Gasteiger partial charge in [0.2, 0.25) is 0 Å². The van der Waals surface area contributed by atoms with Crippen LogP contribution in [0.15, 0.2) is 0 Å². The molecule has 1 unspecified atom stereocenters. The van der Waals surface area contributed by atoms with Gasteiger partial charge in [0.25, 0.3) is 0 Å². The molecule has 0 bridgehead atoms. The molecular weight excluding hydrogens is 216 g/mol. The van der Waals surface area contributed by atoms with Crippen molar-refractivity contribution in [3.05, 3.63) is 0 Å². The van der Waals surface area contributed by atoms with Crippen LogP contribution in [-0.4, -0.2) is 10.4 Å². The molecule has 16 heavy (non-hydrogen) atoms. The highest BCUT2D eigenvalue weighted by Gasteiger charge is 2.03. The molecule has 0 aromatic rings. The third kappa shape index (κ3) is 11.9. The van der Waals surface area contributed by atoms with Crippen LogP contribution >= 0.6 is 11.8 Å². The van der Waals surface area contributed by atoms with Crippen molar-refractivity contribution in [3.8, 4) is 0 Å². The molecule has 0 heterocycles. The molecule has 0 aliphatic rings. The molecule has 1 atom stereocenters. The number of thioether (sulfide) groups is 1. The fraction of sp³-hybridized carbons (Fsp3) is 0.923. The van der Waals surface area contributed by atoms with E-state index in [1.54, 1.807) is 0 Å². The Morgan fingerprint density at radius 2 is 1.56 bits per heavy atom. The average Bonchev–Trinajstić information content (AvgIpc) is 2.21. The Morgan fingerprint density at radius 1 is 1.06 bits per heavy atom. The molecule has 0 saturated carbocycles. The summed E-state index contributed by atoms with van der Waals surface area (Å²) in [5.74, 6) is 0. The predicted molar refractivity (Wildman–Crippen MR) is 76.2 cm³/mol. The molecule has 0 rings (SSSR count). The van der Waals surface area contributed by atoms with E-state index in [2.05, 4.69) is 13.8 Å². The maximum atomic E-state index is 7.18. The van der Waals surface area contributed by atoms with Crippen molar-refractivity contribution in [2.75, 3.05) is 0 Å². The first-order valence-corrected chi connectivity index (χ1v) is 7.55. The summed E-state index contributed by atoms with van der Waals surface area (Å²) < 4.78 is 0. The van der Waals surface area contributed by atoms with Crippen LogP contribution in [0.25, 0.3) is 0 Å². The zero-order valence-corrected chi connectivity index (χ0v) is 11.7. The molecule has 0 radical (unpaired) electrons. The van der Waals surface area contributed by atoms with E-state index in [4.69, 9.17) is 11.1 Å². The summed E-state index contributed by atoms with van der Waals surface area (Å²) >= 11 is 1.49. The minimum atomic E-state index is 0.257. The van der Waals surface area contributed by atoms with Crippen molar-refractivity contribution < 1.29 is 0 Å². The maximum Gasteiger partial charge on any atom is 0.151 e. The number of amidine groups is 1. The van der Waals surface area contributed by atoms with Crippen LogP contribution in [0, 0.1) is 5.41 Å². The summed E-state index contributed by atoms with van der Waals surface area (Å²) in [6, 6.07) is 0. The van der Waals surface area contributed by atoms with Crippen LogP contribution in [-0.2, 0) is 0 Å². The second-order valence-electron chi connectivity index (χ2n) is 4.56. The SMILES string of the molecule is CCCCCCCCCCC(C)SC(=N)N. The van der Waals surface area contributed by atoms with Crippen LogP contribution in [0.3, 0.4) is 0 Å². The molecule has 0 aromatic heterocycles. The fourth-order valence-electron chi connectivity index (χ4n) is 1.84. The number of hydrogen-bond acceptors (Lipinski definition) is 2. The van der Waals surface area contributed by atoms with Crippen molar-refractivity contribution in [1.29, 1.82) is 5.41 Å². The summed E-state index contributed by atoms with van der Waals surface area (Å²) in [7, 11) is 0. The molecule has 0 spiro atoms. The summed E-state index contributed by atoms with van der Waals surface area (Å²) in [5.41, 5.74) is 5.34. The number of rotatable bonds is 10. The Kier molecular flexibility index (Phi) is 11.2. The van der Waals surface area contributed by atoms with Gasteiger partial charge in [0.15, 0.2) is 5.17 Å². The van der Waals surface area contributed by atoms with Gasteiger partial charge in [-0.25, -0.2) is 0 Å². The van der Waals surface area contributed by atoms with Crippen molar-refractivity contribution >= 4 is 16.9 Å². The maximum absolute atomic E-state index is 7.18. The van der Waals surface area contributed by atoms with E-state index in [9.17, 15) is 0 Å². The molecule has 0 aliphatic carbocycles. The van der Waals surface area contributed by atoms with Crippen molar-refractivity contribution in [3.63, 3.8) is 0 Å². The quantitative estimate of drug-likeness (QED) is 0.337. The van der Waals surface area contributed by atoms with Gasteiger partial charge < -0.3 is 5.73 Å². The van der Waals surface area contributed by atoms with Crippen LogP contribution in [0.5, 0.6) is 0 Å². The third-order valence-electron chi connectivity index (χ3n) is 2.79. The Balaban J connectivity index is 3.11. The van der Waals surface area contributed by atoms with Gasteiger partial charge in [-0.2, -0.15) is 0 Å². The average molecular weight is 244 g/mol. The summed E-state index contributed by atoms with van der Waals surface area (Å²) in [5, 5.41) is 7.94. The smallest absolute Gasteiger partial charge is 0.151 e. The first kappa shape index (κ1) is 15.8. The van der Waals surface area contributed by atoms with E-state index in [1.165, 1.54) is 69.5 Å². The van der Waals surface area contributed by atoms with E-state index in [0.717, 1.165) is 0 Å². The van der Waals surface area contributed by atoms with Gasteiger partial charge in [-0.1, -0.05) is 77.0 Å². The van der Waals surface area contributed by atoms with E-state index >= 15 is 0 Å². The minimum Gasteiger partial charge on any atom is -0.379 e. The van der Waals surface area contributed by atoms with E-state index in [1.807, 2.05) is 0 Å². The lowest BCUT2D eigenvalue weighted by Gasteiger charge is -2.09. The highest BCUT2D eigenvalue weighted by Crippen LogP contribution is 2.17. The van der Waals surface area contributed by atoms with Gasteiger partial charge in [0.05, 0.1) is 0 Å². The molecule has 0 aliphatic heterocycles. The minimum absolute atomic E-state index is 0.257. The summed E-state index contributed by atoms with van der Waals surface area (Å²) in [6.45, 7) is 4.42. The van der Waals surface area contributed by atoms with Gasteiger partial charge in [-0.05, 0) is 6.42 Å². The second kappa shape index (κ2) is 11.3. The van der Waals surface area contributed by atoms with E-state index in [0.29, 0.717) is 5.25 Å². The van der Waals surface area contributed by atoms with Crippen LogP contribution in [0.1, 0.15) is 71.6 Å². The lowest BCUT2D eigenvalue weighted by atomic mass is 10.1. The highest BCUT2D eigenvalue weighted by atomic mass is 32.2. The lowest BCUT2D eigenvalue weighted by Crippen LogP contribution is -2.09. The Bertz CT molecular complexity index is 171. The molecule has 3 N–H and O–H groups in total. The number of hydrogen-bond donors (Lipinski definition) is 2. The van der Waals surface area contributed by atoms with Crippen LogP contribution < -0.4 is 5.73 Å². The van der Waals surface area contributed by atoms with Gasteiger partial charge >= 0.3 is 0 Å². The summed E-state index contributed by atoms with van der Waals surface area (Å²) in [6.07, 6.45) is 12.1. The normalized spacial score (nSPS) is 12.6. The van der Waals surface area contributed by atoms with Crippen molar-refractivity contribution in [2.24, 2.45) is 5.73 Å². The zero-order chi connectivity index (χ0) is 12.2. The number of nitrogens with two attached hydrogens (primary N) is 1. The van der Waals surface area contributed by atoms with Gasteiger partial charge in [0, 0.05) is 5.25 Å². The molecule has 0 saturated heterocycles. The Labute approximate surface area is 105 Å². The molecule has 3 heteroatoms. The molecule has 0 fully saturated rings. The predicted octanol–water partition coefficient (Wildman–Crippen LogP) is 4.53. The molecular formula is C13H28N2S. The van der Waals surface area contributed by atoms with Crippen LogP contribution in [0.4, 0.5) is 0 Å². The Hall–Kier alpha value is -0.180. The molecule has 0 amide bonds. The van der Waals surface area contributed by atoms with Gasteiger partial charge in [0.1, 0.15) is 0 Å². The number of nitrogens with one attached hydrogen (secondary N) is 1. The third-order valence-corrected chi connectivity index (χ3v) is 3.68. The van der Waals surface area contributed by atoms with E-state index in [-0.39, 0.29) is 5.17 Å². The number of unbranched alkanes of at least 4 members (excludes halogenated alkanes) is 7. The van der Waals surface area contributed by atoms with Crippen molar-refractivity contribution in [2.45, 2.75) is 76.9 Å². The Morgan fingerprint density at radius 3 is 2.06 bits per heavy atom. The van der Waals surface area contributed by atoms with Crippen molar-refractivity contribution in [1.82, 2.24) is 0 Å². The van der Waals surface area contributed by atoms with E-state index < -0.39 is 0 Å². The van der Waals surface area contributed by atoms with Gasteiger partial charge in [-0.3, -0.25) is 5.41 Å². The highest BCUT2D eigenvalue weighted by molar-refractivity contribution is 8.14. The zero-order valence-electron chi connectivity index (χ0n) is 10.9. The summed E-state index contributed by atoms with van der Waals surface area (Å²) in [4.78, 5) is 0. The largest absolute Gasteiger partial charge is 0.379 e. The standard InChI is InChI=1S/C13H28N2S/c1-3-4-5-6-7-8-9-10-11-12(2)16-13(14)15/h12H,3-11H2,1-2H3,(H3,14,15). The van der Waals surface area contributed by atoms with Crippen LogP contribution in [0.2, 0.25) is 0 Å². The topological polar surface area (TPSA) is 49.9 Å². The van der Waals surface area contributed by atoms with Gasteiger partial charge in [-0.15, -0.1) is 0 Å². The second-order valence-corrected chi connectivity index (χ2v) is 6.04. The molecule has 0 aromatic carbocycles. The monoisotopic (exact) mass is 244 g/mol. The fourth-order valence-corrected chi connectivity index (χ4v) is 2.56. The lowest BCUT2D eigenvalue weighted by molar-refractivity contribution is 0.564. The first-order valence-electron chi connectivity index (χ1n) is 6.67. The molecule has 96 valence electrons.